The number of carbonyl (C=O) groups is 1. The zero-order chi connectivity index (χ0) is 9.07. The molecule has 0 bridgehead atoms. The van der Waals surface area contributed by atoms with Crippen LogP contribution in [0.3, 0.4) is 0 Å². The van der Waals surface area contributed by atoms with E-state index in [4.69, 9.17) is 4.55 Å². The van der Waals surface area contributed by atoms with Crippen LogP contribution in [0.25, 0.3) is 0 Å². The van der Waals surface area contributed by atoms with E-state index in [0.29, 0.717) is 5.57 Å². The fourth-order valence-electron chi connectivity index (χ4n) is 0.435. The summed E-state index contributed by atoms with van der Waals surface area (Å²) in [6.07, 6.45) is -0.200. The second-order valence-electron chi connectivity index (χ2n) is 2.24. The van der Waals surface area contributed by atoms with Crippen LogP contribution >= 0.6 is 0 Å². The van der Waals surface area contributed by atoms with Crippen LogP contribution in [0.15, 0.2) is 12.2 Å². The van der Waals surface area contributed by atoms with E-state index in [1.165, 1.54) is 6.92 Å². The molecule has 0 aliphatic rings. The number of Topliss-reactive ketones (excluding diaryl/α,β-unsaturated/α-hetero) is 1. The zero-order valence-corrected chi connectivity index (χ0v) is 7.02. The summed E-state index contributed by atoms with van der Waals surface area (Å²) in [5.41, 5.74) is 0.300. The van der Waals surface area contributed by atoms with Gasteiger partial charge in [-0.1, -0.05) is 6.58 Å². The summed E-state index contributed by atoms with van der Waals surface area (Å²) < 4.78 is 28.5. The van der Waals surface area contributed by atoms with Crippen LogP contribution in [-0.4, -0.2) is 54.1 Å². The molecule has 66 valence electrons. The predicted octanol–water partition coefficient (Wildman–Crippen LogP) is -0.239. The van der Waals surface area contributed by atoms with Gasteiger partial charge in [-0.2, -0.15) is 8.42 Å². The molecule has 0 rings (SSSR count). The fourth-order valence-corrected chi connectivity index (χ4v) is 0.878. The second kappa shape index (κ2) is 5.88. The van der Waals surface area contributed by atoms with Crippen LogP contribution in [0.1, 0.15) is 13.3 Å². The van der Waals surface area contributed by atoms with Crippen molar-refractivity contribution >= 4 is 45.5 Å². The van der Waals surface area contributed by atoms with E-state index in [1.54, 1.807) is 0 Å². The maximum absolute atomic E-state index is 10.7. The van der Waals surface area contributed by atoms with E-state index in [0.717, 1.165) is 0 Å². The van der Waals surface area contributed by atoms with E-state index < -0.39 is 15.9 Å². The molecule has 1 N–H and O–H groups in total. The molecule has 0 aromatic carbocycles. The molecule has 0 atom stereocenters. The molecule has 0 spiro atoms. The molecule has 0 aliphatic carbocycles. The summed E-state index contributed by atoms with van der Waals surface area (Å²) in [4.78, 5) is 10.7. The maximum atomic E-state index is 10.7. The molecule has 0 fully saturated rings. The van der Waals surface area contributed by atoms with Crippen molar-refractivity contribution in [2.75, 3.05) is 5.75 Å². The molecule has 0 aromatic heterocycles. The third-order valence-corrected chi connectivity index (χ3v) is 1.78. The van der Waals surface area contributed by atoms with Crippen LogP contribution in [0.2, 0.25) is 0 Å². The van der Waals surface area contributed by atoms with Gasteiger partial charge >= 0.3 is 29.6 Å². The number of hydrogen-bond donors (Lipinski definition) is 1. The Labute approximate surface area is 94.1 Å². The summed E-state index contributed by atoms with van der Waals surface area (Å²) in [5.74, 6) is -0.874. The average Bonchev–Trinajstić information content (AvgIpc) is 1.80. The van der Waals surface area contributed by atoms with Crippen LogP contribution in [-0.2, 0) is 14.9 Å². The van der Waals surface area contributed by atoms with Gasteiger partial charge in [0.25, 0.3) is 10.1 Å². The average molecular weight is 202 g/mol. The molecule has 0 unspecified atom stereocenters. The molecule has 6 heteroatoms. The standard InChI is InChI=1S/C6H10O4S.Na.H/c1-5(2)6(7)3-4-11(8,9)10;;/h1,3-4H2,2H3,(H,8,9,10);;. The quantitative estimate of drug-likeness (QED) is 0.388. The van der Waals surface area contributed by atoms with Crippen LogP contribution in [0.5, 0.6) is 0 Å². The summed E-state index contributed by atoms with van der Waals surface area (Å²) in [6, 6.07) is 0. The van der Waals surface area contributed by atoms with Gasteiger partial charge in [0.05, 0.1) is 5.75 Å². The predicted molar refractivity (Wildman–Crippen MR) is 48.0 cm³/mol. The molecule has 12 heavy (non-hydrogen) atoms. The third kappa shape index (κ3) is 8.42. The first-order chi connectivity index (χ1) is 4.83. The number of allylic oxidation sites excluding steroid dienone is 1. The fraction of sp³-hybridized carbons (Fsp3) is 0.500. The first-order valence-electron chi connectivity index (χ1n) is 2.97. The number of rotatable bonds is 4. The monoisotopic (exact) mass is 202 g/mol. The van der Waals surface area contributed by atoms with Gasteiger partial charge in [-0.3, -0.25) is 9.35 Å². The topological polar surface area (TPSA) is 71.4 Å². The summed E-state index contributed by atoms with van der Waals surface area (Å²) in [5, 5.41) is 0. The minimum absolute atomic E-state index is 0. The van der Waals surface area contributed by atoms with Crippen molar-refractivity contribution in [3.8, 4) is 0 Å². The van der Waals surface area contributed by atoms with Gasteiger partial charge < -0.3 is 0 Å². The second-order valence-corrected chi connectivity index (χ2v) is 3.81. The summed E-state index contributed by atoms with van der Waals surface area (Å²) >= 11 is 0. The molecule has 0 radical (unpaired) electrons. The Morgan fingerprint density at radius 1 is 1.50 bits per heavy atom. The van der Waals surface area contributed by atoms with Crippen molar-refractivity contribution in [3.63, 3.8) is 0 Å². The number of ketones is 1. The van der Waals surface area contributed by atoms with Gasteiger partial charge in [-0.25, -0.2) is 0 Å². The van der Waals surface area contributed by atoms with Crippen molar-refractivity contribution in [1.82, 2.24) is 0 Å². The molecule has 0 amide bonds. The Bertz CT molecular complexity index is 267. The van der Waals surface area contributed by atoms with Gasteiger partial charge in [0.1, 0.15) is 0 Å². The van der Waals surface area contributed by atoms with Crippen molar-refractivity contribution < 1.29 is 17.8 Å². The van der Waals surface area contributed by atoms with Gasteiger partial charge in [-0.05, 0) is 12.5 Å². The molecular formula is C6H11NaO4S. The van der Waals surface area contributed by atoms with Gasteiger partial charge in [0, 0.05) is 6.42 Å². The first kappa shape index (κ1) is 14.8. The Balaban J connectivity index is 0. The third-order valence-electron chi connectivity index (χ3n) is 1.06. The van der Waals surface area contributed by atoms with Crippen molar-refractivity contribution in [1.29, 1.82) is 0 Å². The molecule has 0 saturated heterocycles. The zero-order valence-electron chi connectivity index (χ0n) is 6.20. The number of hydrogen-bond acceptors (Lipinski definition) is 3. The molecule has 0 aliphatic heterocycles. The molecule has 0 heterocycles. The van der Waals surface area contributed by atoms with Crippen molar-refractivity contribution in [2.45, 2.75) is 13.3 Å². The first-order valence-corrected chi connectivity index (χ1v) is 4.57. The van der Waals surface area contributed by atoms with Gasteiger partial charge in [-0.15, -0.1) is 0 Å². The SMILES string of the molecule is C=C(C)C(=O)CCS(=O)(=O)O.[NaH]. The van der Waals surface area contributed by atoms with Crippen molar-refractivity contribution in [2.24, 2.45) is 0 Å². The molecule has 0 saturated carbocycles. The molecular weight excluding hydrogens is 191 g/mol. The Kier molecular flexibility index (Phi) is 7.26. The molecule has 0 aromatic rings. The summed E-state index contributed by atoms with van der Waals surface area (Å²) in [7, 11) is -4.01. The van der Waals surface area contributed by atoms with Gasteiger partial charge in [0.2, 0.25) is 0 Å². The van der Waals surface area contributed by atoms with E-state index in [2.05, 4.69) is 6.58 Å². The van der Waals surface area contributed by atoms with E-state index >= 15 is 0 Å². The summed E-state index contributed by atoms with van der Waals surface area (Å²) in [6.45, 7) is 4.82. The van der Waals surface area contributed by atoms with E-state index in [1.807, 2.05) is 0 Å². The number of carbonyl (C=O) groups excluding carboxylic acids is 1. The van der Waals surface area contributed by atoms with Crippen LogP contribution < -0.4 is 0 Å². The van der Waals surface area contributed by atoms with E-state index in [-0.39, 0.29) is 41.8 Å². The molecule has 4 nitrogen and oxygen atoms in total. The Morgan fingerprint density at radius 3 is 2.17 bits per heavy atom. The normalized spacial score (nSPS) is 10.2. The Hall–Kier alpha value is 0.320. The van der Waals surface area contributed by atoms with Crippen LogP contribution in [0, 0.1) is 0 Å². The van der Waals surface area contributed by atoms with Crippen molar-refractivity contribution in [3.05, 3.63) is 12.2 Å². The van der Waals surface area contributed by atoms with E-state index in [9.17, 15) is 13.2 Å². The minimum atomic E-state index is -4.01. The Morgan fingerprint density at radius 2 is 1.92 bits per heavy atom. The van der Waals surface area contributed by atoms with Crippen LogP contribution in [0.4, 0.5) is 0 Å². The van der Waals surface area contributed by atoms with Gasteiger partial charge in [0.15, 0.2) is 5.78 Å².